The Hall–Kier alpha value is -0.650. The van der Waals surface area contributed by atoms with E-state index in [2.05, 4.69) is 28.5 Å². The van der Waals surface area contributed by atoms with Gasteiger partial charge in [-0.15, -0.1) is 0 Å². The first-order valence-electron chi connectivity index (χ1n) is 12.0. The fraction of sp³-hybridized carbons (Fsp3) is 0.957. The van der Waals surface area contributed by atoms with Crippen LogP contribution in [0.25, 0.3) is 0 Å². The van der Waals surface area contributed by atoms with Gasteiger partial charge in [0.05, 0.1) is 5.60 Å². The summed E-state index contributed by atoms with van der Waals surface area (Å²) in [6, 6.07) is 1.33. The van der Waals surface area contributed by atoms with Crippen molar-refractivity contribution < 1.29 is 9.53 Å². The van der Waals surface area contributed by atoms with Crippen molar-refractivity contribution in [3.05, 3.63) is 0 Å². The second-order valence-corrected chi connectivity index (χ2v) is 10.0. The molecule has 3 saturated heterocycles. The molecule has 4 fully saturated rings. The van der Waals surface area contributed by atoms with E-state index in [-0.39, 0.29) is 5.60 Å². The van der Waals surface area contributed by atoms with Gasteiger partial charge in [-0.2, -0.15) is 0 Å². The molecule has 0 aromatic carbocycles. The number of amides is 1. The second kappa shape index (κ2) is 9.01. The minimum absolute atomic E-state index is 0.0292. The zero-order chi connectivity index (χ0) is 19.6. The van der Waals surface area contributed by atoms with E-state index in [9.17, 15) is 4.79 Å². The van der Waals surface area contributed by atoms with Crippen molar-refractivity contribution in [1.29, 1.82) is 0 Å². The van der Waals surface area contributed by atoms with Gasteiger partial charge in [0, 0.05) is 63.9 Å². The lowest BCUT2D eigenvalue weighted by atomic mass is 9.81. The van der Waals surface area contributed by atoms with Gasteiger partial charge in [-0.05, 0) is 52.4 Å². The van der Waals surface area contributed by atoms with Crippen LogP contribution >= 0.6 is 0 Å². The van der Waals surface area contributed by atoms with E-state index in [0.29, 0.717) is 23.9 Å². The van der Waals surface area contributed by atoms with Gasteiger partial charge in [-0.25, -0.2) is 0 Å². The van der Waals surface area contributed by atoms with Crippen LogP contribution in [0.1, 0.15) is 71.6 Å². The molecular formula is C23H41N3O2. The van der Waals surface area contributed by atoms with Crippen molar-refractivity contribution in [3.8, 4) is 0 Å². The number of hydrogen-bond acceptors (Lipinski definition) is 4. The molecule has 160 valence electrons. The average Bonchev–Trinajstić information content (AvgIpc) is 2.74. The van der Waals surface area contributed by atoms with Crippen LogP contribution < -0.4 is 0 Å². The van der Waals surface area contributed by atoms with Gasteiger partial charge in [0.15, 0.2) is 0 Å². The van der Waals surface area contributed by atoms with Gasteiger partial charge in [0.2, 0.25) is 5.91 Å². The molecule has 1 saturated carbocycles. The molecule has 1 aliphatic carbocycles. The fourth-order valence-corrected chi connectivity index (χ4v) is 6.02. The zero-order valence-corrected chi connectivity index (χ0v) is 18.2. The highest BCUT2D eigenvalue weighted by Gasteiger charge is 2.43. The van der Waals surface area contributed by atoms with Crippen LogP contribution in [0.5, 0.6) is 0 Å². The lowest BCUT2D eigenvalue weighted by Crippen LogP contribution is -2.58. The predicted octanol–water partition coefficient (Wildman–Crippen LogP) is 3.13. The topological polar surface area (TPSA) is 36.0 Å². The highest BCUT2D eigenvalue weighted by molar-refractivity contribution is 5.79. The number of hydrogen-bond donors (Lipinski definition) is 0. The molecule has 0 bridgehead atoms. The summed E-state index contributed by atoms with van der Waals surface area (Å²) in [6.07, 6.45) is 10.4. The zero-order valence-electron chi connectivity index (χ0n) is 18.2. The average molecular weight is 392 g/mol. The van der Waals surface area contributed by atoms with E-state index in [0.717, 1.165) is 45.4 Å². The van der Waals surface area contributed by atoms with E-state index in [4.69, 9.17) is 4.74 Å². The van der Waals surface area contributed by atoms with Crippen molar-refractivity contribution in [2.75, 3.05) is 45.9 Å². The van der Waals surface area contributed by atoms with Crippen molar-refractivity contribution in [2.24, 2.45) is 5.92 Å². The van der Waals surface area contributed by atoms with Gasteiger partial charge in [-0.1, -0.05) is 19.3 Å². The SMILES string of the molecule is CC(C)N1CCN([C@@H]2CCOC3(CCN(C(=O)C4CCCCC4)CC3)C2)CC1. The number of ether oxygens (including phenoxy) is 1. The number of nitrogens with zero attached hydrogens (tertiary/aromatic N) is 3. The molecule has 0 aromatic rings. The number of carbonyl (C=O) groups is 1. The van der Waals surface area contributed by atoms with E-state index in [1.54, 1.807) is 0 Å². The normalized spacial score (nSPS) is 30.8. The molecule has 5 nitrogen and oxygen atoms in total. The van der Waals surface area contributed by atoms with Crippen molar-refractivity contribution in [2.45, 2.75) is 89.3 Å². The molecule has 1 amide bonds. The van der Waals surface area contributed by atoms with Gasteiger partial charge < -0.3 is 9.64 Å². The molecule has 1 spiro atoms. The molecular weight excluding hydrogens is 350 g/mol. The summed E-state index contributed by atoms with van der Waals surface area (Å²) in [6.45, 7) is 12.1. The summed E-state index contributed by atoms with van der Waals surface area (Å²) in [5.74, 6) is 0.742. The van der Waals surface area contributed by atoms with Crippen LogP contribution in [0.2, 0.25) is 0 Å². The molecule has 0 unspecified atom stereocenters. The van der Waals surface area contributed by atoms with Crippen molar-refractivity contribution in [1.82, 2.24) is 14.7 Å². The molecule has 0 N–H and O–H groups in total. The van der Waals surface area contributed by atoms with Crippen LogP contribution in [0, 0.1) is 5.92 Å². The van der Waals surface area contributed by atoms with E-state index in [1.165, 1.54) is 58.3 Å². The van der Waals surface area contributed by atoms with E-state index >= 15 is 0 Å². The predicted molar refractivity (Wildman–Crippen MR) is 112 cm³/mol. The van der Waals surface area contributed by atoms with Gasteiger partial charge in [0.25, 0.3) is 0 Å². The summed E-state index contributed by atoms with van der Waals surface area (Å²) < 4.78 is 6.39. The molecule has 5 heteroatoms. The third-order valence-corrected chi connectivity index (χ3v) is 8.00. The standard InChI is InChI=1S/C23H41N3O2/c1-19(2)24-13-15-25(16-14-24)21-8-17-28-23(18-21)9-11-26(12-10-23)22(27)20-6-4-3-5-7-20/h19-21H,3-18H2,1-2H3/t21-/m1/s1. The maximum absolute atomic E-state index is 12.9. The first-order chi connectivity index (χ1) is 13.6. The molecule has 4 rings (SSSR count). The van der Waals surface area contributed by atoms with Crippen LogP contribution in [0.3, 0.4) is 0 Å². The molecule has 3 aliphatic heterocycles. The Balaban J connectivity index is 1.28. The Labute approximate surface area is 171 Å². The molecule has 0 aromatic heterocycles. The second-order valence-electron chi connectivity index (χ2n) is 10.0. The first-order valence-corrected chi connectivity index (χ1v) is 12.0. The summed E-state index contributed by atoms with van der Waals surface area (Å²) in [5.41, 5.74) is 0.0292. The largest absolute Gasteiger partial charge is 0.375 e. The fourth-order valence-electron chi connectivity index (χ4n) is 6.02. The Kier molecular flexibility index (Phi) is 6.63. The lowest BCUT2D eigenvalue weighted by Gasteiger charge is -2.50. The van der Waals surface area contributed by atoms with Crippen LogP contribution in [0.4, 0.5) is 0 Å². The van der Waals surface area contributed by atoms with Crippen molar-refractivity contribution >= 4 is 5.91 Å². The molecule has 3 heterocycles. The highest BCUT2D eigenvalue weighted by atomic mass is 16.5. The summed E-state index contributed by atoms with van der Waals surface area (Å²) in [5, 5.41) is 0. The Bertz CT molecular complexity index is 516. The van der Waals surface area contributed by atoms with Gasteiger partial charge >= 0.3 is 0 Å². The lowest BCUT2D eigenvalue weighted by molar-refractivity contribution is -0.153. The molecule has 4 aliphatic rings. The smallest absolute Gasteiger partial charge is 0.225 e. The third kappa shape index (κ3) is 4.57. The minimum Gasteiger partial charge on any atom is -0.375 e. The monoisotopic (exact) mass is 391 g/mol. The Morgan fingerprint density at radius 3 is 2.25 bits per heavy atom. The van der Waals surface area contributed by atoms with E-state index < -0.39 is 0 Å². The number of rotatable bonds is 3. The minimum atomic E-state index is 0.0292. The van der Waals surface area contributed by atoms with E-state index in [1.807, 2.05) is 0 Å². The highest BCUT2D eigenvalue weighted by Crippen LogP contribution is 2.38. The van der Waals surface area contributed by atoms with Gasteiger partial charge in [0.1, 0.15) is 0 Å². The van der Waals surface area contributed by atoms with Crippen LogP contribution in [0.15, 0.2) is 0 Å². The maximum atomic E-state index is 12.9. The third-order valence-electron chi connectivity index (χ3n) is 8.00. The maximum Gasteiger partial charge on any atom is 0.225 e. The molecule has 28 heavy (non-hydrogen) atoms. The summed E-state index contributed by atoms with van der Waals surface area (Å²) >= 11 is 0. The van der Waals surface area contributed by atoms with Crippen LogP contribution in [-0.2, 0) is 9.53 Å². The van der Waals surface area contributed by atoms with Gasteiger partial charge in [-0.3, -0.25) is 14.6 Å². The quantitative estimate of drug-likeness (QED) is 0.741. The molecule has 0 radical (unpaired) electrons. The molecule has 1 atom stereocenters. The Morgan fingerprint density at radius 2 is 1.61 bits per heavy atom. The number of piperidine rings is 1. The van der Waals surface area contributed by atoms with Crippen molar-refractivity contribution in [3.63, 3.8) is 0 Å². The Morgan fingerprint density at radius 1 is 0.929 bits per heavy atom. The summed E-state index contributed by atoms with van der Waals surface area (Å²) in [4.78, 5) is 20.4. The number of likely N-dealkylation sites (tertiary alicyclic amines) is 1. The number of piperazine rings is 1. The first kappa shape index (κ1) is 20.6. The summed E-state index contributed by atoms with van der Waals surface area (Å²) in [7, 11) is 0. The van der Waals surface area contributed by atoms with Crippen LogP contribution in [-0.4, -0.2) is 84.2 Å². The number of carbonyl (C=O) groups excluding carboxylic acids is 1.